The van der Waals surface area contributed by atoms with Crippen LogP contribution in [0.1, 0.15) is 49.9 Å². The Kier molecular flexibility index (Phi) is 8.64. The van der Waals surface area contributed by atoms with E-state index in [2.05, 4.69) is 5.32 Å². The molecule has 0 unspecified atom stereocenters. The van der Waals surface area contributed by atoms with Gasteiger partial charge in [-0.3, -0.25) is 19.2 Å². The minimum absolute atomic E-state index is 0.0796. The number of hydrogen-bond acceptors (Lipinski definition) is 5. The molecule has 8 nitrogen and oxygen atoms in total. The van der Waals surface area contributed by atoms with Crippen LogP contribution >= 0.6 is 0 Å². The van der Waals surface area contributed by atoms with Gasteiger partial charge in [-0.05, 0) is 43.5 Å². The van der Waals surface area contributed by atoms with E-state index in [1.54, 1.807) is 34.1 Å². The Morgan fingerprint density at radius 2 is 1.76 bits per heavy atom. The summed E-state index contributed by atoms with van der Waals surface area (Å²) in [6, 6.07) is 6.65. The monoisotopic (exact) mass is 403 g/mol. The van der Waals surface area contributed by atoms with Crippen molar-refractivity contribution in [1.82, 2.24) is 10.2 Å². The predicted octanol–water partition coefficient (Wildman–Crippen LogP) is 1.73. The maximum absolute atomic E-state index is 12.2. The van der Waals surface area contributed by atoms with E-state index < -0.39 is 11.9 Å². The molecule has 0 radical (unpaired) electrons. The molecule has 1 aliphatic heterocycles. The molecule has 158 valence electrons. The number of hydrogen-bond donors (Lipinski definition) is 1. The average Bonchev–Trinajstić information content (AvgIpc) is 3.16. The molecular formula is C21H29N3O5. The maximum Gasteiger partial charge on any atom is 0.325 e. The third-order valence-corrected chi connectivity index (χ3v) is 4.60. The van der Waals surface area contributed by atoms with Crippen molar-refractivity contribution in [2.45, 2.75) is 39.5 Å². The van der Waals surface area contributed by atoms with Gasteiger partial charge in [-0.15, -0.1) is 0 Å². The fraction of sp³-hybridized carbons (Fsp3) is 0.524. The normalized spacial score (nSPS) is 13.3. The maximum atomic E-state index is 12.2. The van der Waals surface area contributed by atoms with E-state index in [9.17, 15) is 19.2 Å². The molecule has 0 saturated carbocycles. The second-order valence-electron chi connectivity index (χ2n) is 6.92. The molecule has 0 aromatic heterocycles. The molecule has 1 aromatic carbocycles. The van der Waals surface area contributed by atoms with Gasteiger partial charge in [0, 0.05) is 37.3 Å². The highest BCUT2D eigenvalue weighted by Crippen LogP contribution is 2.21. The quantitative estimate of drug-likeness (QED) is 0.600. The van der Waals surface area contributed by atoms with Crippen LogP contribution in [0, 0.1) is 0 Å². The highest BCUT2D eigenvalue weighted by molar-refractivity contribution is 5.98. The van der Waals surface area contributed by atoms with Crippen LogP contribution in [0.4, 0.5) is 5.69 Å². The molecule has 1 fully saturated rings. The minimum Gasteiger partial charge on any atom is -0.454 e. The Morgan fingerprint density at radius 1 is 1.10 bits per heavy atom. The van der Waals surface area contributed by atoms with Crippen LogP contribution in [0.2, 0.25) is 0 Å². The summed E-state index contributed by atoms with van der Waals surface area (Å²) >= 11 is 0. The Balaban J connectivity index is 1.77. The van der Waals surface area contributed by atoms with Gasteiger partial charge in [0.15, 0.2) is 6.61 Å². The van der Waals surface area contributed by atoms with Gasteiger partial charge in [0.25, 0.3) is 11.8 Å². The summed E-state index contributed by atoms with van der Waals surface area (Å²) in [4.78, 5) is 51.2. The Hall–Kier alpha value is -2.90. The number of amides is 3. The predicted molar refractivity (Wildman–Crippen MR) is 108 cm³/mol. The van der Waals surface area contributed by atoms with Gasteiger partial charge in [0.05, 0.1) is 0 Å². The molecule has 0 spiro atoms. The summed E-state index contributed by atoms with van der Waals surface area (Å²) in [5, 5.41) is 2.48. The first-order valence-electron chi connectivity index (χ1n) is 10.1. The van der Waals surface area contributed by atoms with Crippen LogP contribution in [0.25, 0.3) is 0 Å². The molecule has 2 rings (SSSR count). The Labute approximate surface area is 171 Å². The van der Waals surface area contributed by atoms with Crippen molar-refractivity contribution in [3.8, 4) is 0 Å². The van der Waals surface area contributed by atoms with Gasteiger partial charge >= 0.3 is 5.97 Å². The topological polar surface area (TPSA) is 96.0 Å². The first-order valence-corrected chi connectivity index (χ1v) is 10.1. The lowest BCUT2D eigenvalue weighted by Crippen LogP contribution is -2.37. The van der Waals surface area contributed by atoms with Gasteiger partial charge in [-0.25, -0.2) is 0 Å². The molecule has 0 aliphatic carbocycles. The zero-order chi connectivity index (χ0) is 21.2. The van der Waals surface area contributed by atoms with Gasteiger partial charge in [0.1, 0.15) is 6.54 Å². The molecule has 0 atom stereocenters. The SMILES string of the molecule is CCCN(CCC)C(=O)COC(=O)CNC(=O)c1ccc(N2CCCC2=O)cc1. The van der Waals surface area contributed by atoms with Crippen LogP contribution in [-0.2, 0) is 19.1 Å². The Bertz CT molecular complexity index is 726. The third-order valence-electron chi connectivity index (χ3n) is 4.60. The van der Waals surface area contributed by atoms with Gasteiger partial charge < -0.3 is 19.9 Å². The molecular weight excluding hydrogens is 374 g/mol. The second kappa shape index (κ2) is 11.2. The summed E-state index contributed by atoms with van der Waals surface area (Å²) in [7, 11) is 0. The zero-order valence-electron chi connectivity index (χ0n) is 17.1. The van der Waals surface area contributed by atoms with Crippen LogP contribution in [-0.4, -0.2) is 61.4 Å². The number of rotatable bonds is 10. The fourth-order valence-electron chi connectivity index (χ4n) is 3.15. The molecule has 1 heterocycles. The number of anilines is 1. The number of carbonyl (C=O) groups excluding carboxylic acids is 4. The molecule has 0 bridgehead atoms. The van der Waals surface area contributed by atoms with E-state index in [0.29, 0.717) is 31.6 Å². The molecule has 1 saturated heterocycles. The highest BCUT2D eigenvalue weighted by atomic mass is 16.5. The van der Waals surface area contributed by atoms with Gasteiger partial charge in [-0.2, -0.15) is 0 Å². The van der Waals surface area contributed by atoms with Crippen LogP contribution in [0.15, 0.2) is 24.3 Å². The number of esters is 1. The van der Waals surface area contributed by atoms with Crippen molar-refractivity contribution < 1.29 is 23.9 Å². The number of nitrogens with one attached hydrogen (secondary N) is 1. The van der Waals surface area contributed by atoms with Crippen molar-refractivity contribution in [2.75, 3.05) is 37.7 Å². The minimum atomic E-state index is -0.668. The average molecular weight is 403 g/mol. The number of carbonyl (C=O) groups is 4. The molecule has 8 heteroatoms. The summed E-state index contributed by atoms with van der Waals surface area (Å²) < 4.78 is 4.97. The molecule has 1 N–H and O–H groups in total. The molecule has 1 aliphatic rings. The van der Waals surface area contributed by atoms with Crippen LogP contribution in [0.3, 0.4) is 0 Å². The first kappa shape index (κ1) is 22.4. The molecule has 1 aromatic rings. The molecule has 3 amide bonds. The third kappa shape index (κ3) is 6.58. The fourth-order valence-corrected chi connectivity index (χ4v) is 3.15. The first-order chi connectivity index (χ1) is 14.0. The van der Waals surface area contributed by atoms with Gasteiger partial charge in [-0.1, -0.05) is 13.8 Å². The number of nitrogens with zero attached hydrogens (tertiary/aromatic N) is 2. The smallest absolute Gasteiger partial charge is 0.325 e. The zero-order valence-corrected chi connectivity index (χ0v) is 17.1. The van der Waals surface area contributed by atoms with E-state index in [1.165, 1.54) is 0 Å². The van der Waals surface area contributed by atoms with Crippen LogP contribution < -0.4 is 10.2 Å². The van der Waals surface area contributed by atoms with E-state index in [4.69, 9.17) is 4.74 Å². The van der Waals surface area contributed by atoms with Crippen molar-refractivity contribution in [3.63, 3.8) is 0 Å². The lowest BCUT2D eigenvalue weighted by atomic mass is 10.2. The Morgan fingerprint density at radius 3 is 2.31 bits per heavy atom. The summed E-state index contributed by atoms with van der Waals surface area (Å²) in [6.07, 6.45) is 3.04. The standard InChI is InChI=1S/C21H29N3O5/c1-3-11-23(12-4-2)19(26)15-29-20(27)14-22-21(28)16-7-9-17(10-8-16)24-13-5-6-18(24)25/h7-10H,3-6,11-15H2,1-2H3,(H,22,28). The van der Waals surface area contributed by atoms with Crippen LogP contribution in [0.5, 0.6) is 0 Å². The number of ether oxygens (including phenoxy) is 1. The lowest BCUT2D eigenvalue weighted by Gasteiger charge is -2.21. The number of benzene rings is 1. The summed E-state index contributed by atoms with van der Waals surface area (Å²) in [6.45, 7) is 5.25. The van der Waals surface area contributed by atoms with Gasteiger partial charge in [0.2, 0.25) is 5.91 Å². The van der Waals surface area contributed by atoms with Crippen molar-refractivity contribution in [2.24, 2.45) is 0 Å². The van der Waals surface area contributed by atoms with Crippen molar-refractivity contribution >= 4 is 29.4 Å². The highest BCUT2D eigenvalue weighted by Gasteiger charge is 2.22. The van der Waals surface area contributed by atoms with Crippen molar-refractivity contribution in [3.05, 3.63) is 29.8 Å². The largest absolute Gasteiger partial charge is 0.454 e. The molecule has 29 heavy (non-hydrogen) atoms. The van der Waals surface area contributed by atoms with E-state index >= 15 is 0 Å². The van der Waals surface area contributed by atoms with E-state index in [1.807, 2.05) is 13.8 Å². The van der Waals surface area contributed by atoms with E-state index in [-0.39, 0.29) is 25.0 Å². The van der Waals surface area contributed by atoms with E-state index in [0.717, 1.165) is 24.9 Å². The van der Waals surface area contributed by atoms with Crippen molar-refractivity contribution in [1.29, 1.82) is 0 Å². The summed E-state index contributed by atoms with van der Waals surface area (Å²) in [5.41, 5.74) is 1.13. The summed E-state index contributed by atoms with van der Waals surface area (Å²) in [5.74, 6) is -1.25. The second-order valence-corrected chi connectivity index (χ2v) is 6.92. The lowest BCUT2D eigenvalue weighted by molar-refractivity contribution is -0.151.